The molecular formula is C11H20N2O5. The lowest BCUT2D eigenvalue weighted by Gasteiger charge is -2.23. The van der Waals surface area contributed by atoms with E-state index in [4.69, 9.17) is 9.84 Å². The second-order valence-corrected chi connectivity index (χ2v) is 4.38. The number of nitrogens with one attached hydrogen (secondary N) is 2. The van der Waals surface area contributed by atoms with Crippen LogP contribution in [0.5, 0.6) is 0 Å². The lowest BCUT2D eigenvalue weighted by Crippen LogP contribution is -2.49. The third kappa shape index (κ3) is 4.99. The molecular weight excluding hydrogens is 240 g/mol. The SMILES string of the molecule is CC(O)C(NC(=O)COC1CCNCC1)C(=O)O. The highest BCUT2D eigenvalue weighted by molar-refractivity contribution is 5.84. The summed E-state index contributed by atoms with van der Waals surface area (Å²) in [5.74, 6) is -1.79. The van der Waals surface area contributed by atoms with Crippen LogP contribution in [0, 0.1) is 0 Å². The monoisotopic (exact) mass is 260 g/mol. The van der Waals surface area contributed by atoms with Crippen molar-refractivity contribution in [1.82, 2.24) is 10.6 Å². The first-order chi connectivity index (χ1) is 8.50. The van der Waals surface area contributed by atoms with Crippen LogP contribution in [0.25, 0.3) is 0 Å². The molecule has 2 unspecified atom stereocenters. The Labute approximate surface area is 106 Å². The summed E-state index contributed by atoms with van der Waals surface area (Å²) in [6, 6.07) is -1.30. The molecule has 7 nitrogen and oxygen atoms in total. The average molecular weight is 260 g/mol. The molecule has 0 aromatic rings. The number of carboxylic acid groups (broad SMARTS) is 1. The Morgan fingerprint density at radius 2 is 2.06 bits per heavy atom. The molecule has 0 saturated carbocycles. The van der Waals surface area contributed by atoms with Gasteiger partial charge in [0.2, 0.25) is 5.91 Å². The van der Waals surface area contributed by atoms with Crippen LogP contribution in [0.2, 0.25) is 0 Å². The number of ether oxygens (including phenoxy) is 1. The predicted molar refractivity (Wildman–Crippen MR) is 63.1 cm³/mol. The van der Waals surface area contributed by atoms with Gasteiger partial charge in [-0.15, -0.1) is 0 Å². The Balaban J connectivity index is 2.29. The van der Waals surface area contributed by atoms with E-state index in [1.54, 1.807) is 0 Å². The minimum atomic E-state index is -1.30. The second kappa shape index (κ2) is 7.30. The number of aliphatic hydroxyl groups excluding tert-OH is 1. The molecule has 1 fully saturated rings. The number of hydrogen-bond donors (Lipinski definition) is 4. The van der Waals surface area contributed by atoms with Gasteiger partial charge < -0.3 is 25.6 Å². The van der Waals surface area contributed by atoms with Crippen LogP contribution in [0.3, 0.4) is 0 Å². The smallest absolute Gasteiger partial charge is 0.328 e. The minimum absolute atomic E-state index is 0.0341. The molecule has 1 aliphatic rings. The Morgan fingerprint density at radius 1 is 1.44 bits per heavy atom. The second-order valence-electron chi connectivity index (χ2n) is 4.38. The molecule has 2 atom stereocenters. The summed E-state index contributed by atoms with van der Waals surface area (Å²) in [5, 5.41) is 23.4. The Bertz CT molecular complexity index is 289. The van der Waals surface area contributed by atoms with E-state index in [0.29, 0.717) is 0 Å². The van der Waals surface area contributed by atoms with Crippen molar-refractivity contribution >= 4 is 11.9 Å². The highest BCUT2D eigenvalue weighted by Crippen LogP contribution is 2.06. The molecule has 1 rings (SSSR count). The zero-order valence-corrected chi connectivity index (χ0v) is 10.4. The summed E-state index contributed by atoms with van der Waals surface area (Å²) in [4.78, 5) is 22.2. The van der Waals surface area contributed by atoms with Crippen molar-refractivity contribution in [3.63, 3.8) is 0 Å². The summed E-state index contributed by atoms with van der Waals surface area (Å²) in [6.45, 7) is 2.85. The van der Waals surface area contributed by atoms with Gasteiger partial charge in [-0.05, 0) is 32.9 Å². The van der Waals surface area contributed by atoms with E-state index in [-0.39, 0.29) is 12.7 Å². The van der Waals surface area contributed by atoms with Crippen molar-refractivity contribution < 1.29 is 24.5 Å². The van der Waals surface area contributed by atoms with Crippen LogP contribution < -0.4 is 10.6 Å². The fraction of sp³-hybridized carbons (Fsp3) is 0.818. The molecule has 4 N–H and O–H groups in total. The lowest BCUT2D eigenvalue weighted by atomic mass is 10.1. The van der Waals surface area contributed by atoms with Crippen LogP contribution >= 0.6 is 0 Å². The van der Waals surface area contributed by atoms with Gasteiger partial charge in [0.1, 0.15) is 6.61 Å². The number of piperidine rings is 1. The molecule has 0 radical (unpaired) electrons. The number of aliphatic carboxylic acids is 1. The topological polar surface area (TPSA) is 108 Å². The Kier molecular flexibility index (Phi) is 6.03. The van der Waals surface area contributed by atoms with E-state index >= 15 is 0 Å². The normalized spacial score (nSPS) is 20.1. The van der Waals surface area contributed by atoms with E-state index in [9.17, 15) is 14.7 Å². The Morgan fingerprint density at radius 3 is 2.56 bits per heavy atom. The van der Waals surface area contributed by atoms with E-state index in [1.807, 2.05) is 0 Å². The molecule has 1 amide bonds. The largest absolute Gasteiger partial charge is 0.480 e. The van der Waals surface area contributed by atoms with Gasteiger partial charge in [0.05, 0.1) is 12.2 Å². The van der Waals surface area contributed by atoms with Crippen molar-refractivity contribution in [2.75, 3.05) is 19.7 Å². The molecule has 1 aliphatic heterocycles. The standard InChI is InChI=1S/C11H20N2O5/c1-7(14)10(11(16)17)13-9(15)6-18-8-2-4-12-5-3-8/h7-8,10,12,14H,2-6H2,1H3,(H,13,15)(H,16,17). The summed E-state index contributed by atoms with van der Waals surface area (Å²) in [5.41, 5.74) is 0. The molecule has 0 aromatic carbocycles. The molecule has 7 heteroatoms. The van der Waals surface area contributed by atoms with Gasteiger partial charge in [0.25, 0.3) is 0 Å². The Hall–Kier alpha value is -1.18. The summed E-state index contributed by atoms with van der Waals surface area (Å²) in [7, 11) is 0. The van der Waals surface area contributed by atoms with E-state index in [2.05, 4.69) is 10.6 Å². The highest BCUT2D eigenvalue weighted by Gasteiger charge is 2.25. The third-order valence-corrected chi connectivity index (χ3v) is 2.80. The quantitative estimate of drug-likeness (QED) is 0.473. The first-order valence-electron chi connectivity index (χ1n) is 6.03. The highest BCUT2D eigenvalue weighted by atomic mass is 16.5. The van der Waals surface area contributed by atoms with Crippen LogP contribution in [-0.4, -0.2) is 60.0 Å². The van der Waals surface area contributed by atoms with Crippen molar-refractivity contribution in [2.45, 2.75) is 38.0 Å². The van der Waals surface area contributed by atoms with Crippen molar-refractivity contribution in [3.05, 3.63) is 0 Å². The maximum absolute atomic E-state index is 11.5. The average Bonchev–Trinajstić information content (AvgIpc) is 2.34. The maximum atomic E-state index is 11.5. The van der Waals surface area contributed by atoms with Gasteiger partial charge in [0, 0.05) is 0 Å². The third-order valence-electron chi connectivity index (χ3n) is 2.80. The van der Waals surface area contributed by atoms with Gasteiger partial charge in [-0.3, -0.25) is 4.79 Å². The number of aliphatic hydroxyl groups is 1. The molecule has 0 bridgehead atoms. The lowest BCUT2D eigenvalue weighted by molar-refractivity contribution is -0.146. The van der Waals surface area contributed by atoms with Gasteiger partial charge in [0.15, 0.2) is 6.04 Å². The van der Waals surface area contributed by atoms with Gasteiger partial charge >= 0.3 is 5.97 Å². The number of carboxylic acids is 1. The summed E-state index contributed by atoms with van der Waals surface area (Å²) < 4.78 is 5.38. The van der Waals surface area contributed by atoms with Gasteiger partial charge in [-0.2, -0.15) is 0 Å². The number of carbonyl (C=O) groups is 2. The predicted octanol–water partition coefficient (Wildman–Crippen LogP) is -1.29. The van der Waals surface area contributed by atoms with Crippen LogP contribution in [0.4, 0.5) is 0 Å². The number of amides is 1. The minimum Gasteiger partial charge on any atom is -0.480 e. The van der Waals surface area contributed by atoms with Gasteiger partial charge in [-0.25, -0.2) is 4.79 Å². The maximum Gasteiger partial charge on any atom is 0.328 e. The fourth-order valence-electron chi connectivity index (χ4n) is 1.76. The molecule has 104 valence electrons. The summed E-state index contributed by atoms with van der Waals surface area (Å²) >= 11 is 0. The molecule has 1 heterocycles. The fourth-order valence-corrected chi connectivity index (χ4v) is 1.76. The zero-order valence-electron chi connectivity index (χ0n) is 10.4. The summed E-state index contributed by atoms with van der Waals surface area (Å²) in [6.07, 6.45) is 0.565. The van der Waals surface area contributed by atoms with Crippen molar-refractivity contribution in [3.8, 4) is 0 Å². The van der Waals surface area contributed by atoms with Gasteiger partial charge in [-0.1, -0.05) is 0 Å². The zero-order chi connectivity index (χ0) is 13.5. The van der Waals surface area contributed by atoms with Crippen molar-refractivity contribution in [2.24, 2.45) is 0 Å². The molecule has 1 saturated heterocycles. The molecule has 0 aliphatic carbocycles. The van der Waals surface area contributed by atoms with Crippen molar-refractivity contribution in [1.29, 1.82) is 0 Å². The number of rotatable bonds is 6. The molecule has 0 spiro atoms. The van der Waals surface area contributed by atoms with Crippen LogP contribution in [0.15, 0.2) is 0 Å². The van der Waals surface area contributed by atoms with Crippen LogP contribution in [-0.2, 0) is 14.3 Å². The van der Waals surface area contributed by atoms with E-state index < -0.39 is 24.0 Å². The molecule has 0 aromatic heterocycles. The molecule has 18 heavy (non-hydrogen) atoms. The van der Waals surface area contributed by atoms with Crippen LogP contribution in [0.1, 0.15) is 19.8 Å². The first-order valence-corrected chi connectivity index (χ1v) is 6.03. The number of carbonyl (C=O) groups excluding carboxylic acids is 1. The van der Waals surface area contributed by atoms with E-state index in [1.165, 1.54) is 6.92 Å². The first kappa shape index (κ1) is 14.9. The number of hydrogen-bond acceptors (Lipinski definition) is 5. The van der Waals surface area contributed by atoms with E-state index in [0.717, 1.165) is 25.9 Å².